The van der Waals surface area contributed by atoms with Crippen molar-refractivity contribution in [2.24, 2.45) is 0 Å². The van der Waals surface area contributed by atoms with Crippen LogP contribution >= 0.6 is 11.3 Å². The van der Waals surface area contributed by atoms with Crippen LogP contribution in [0, 0.1) is 13.8 Å². The first kappa shape index (κ1) is 15.2. The first-order valence-corrected chi connectivity index (χ1v) is 8.81. The summed E-state index contributed by atoms with van der Waals surface area (Å²) in [5.41, 5.74) is 2.06. The summed E-state index contributed by atoms with van der Waals surface area (Å²) in [7, 11) is -3.39. The van der Waals surface area contributed by atoms with Crippen LogP contribution in [0.3, 0.4) is 0 Å². The zero-order valence-electron chi connectivity index (χ0n) is 11.6. The molecule has 4 nitrogen and oxygen atoms in total. The molecule has 108 valence electrons. The number of rotatable bonds is 6. The van der Waals surface area contributed by atoms with E-state index in [1.54, 1.807) is 35.6 Å². The lowest BCUT2D eigenvalue weighted by atomic mass is 10.2. The number of benzene rings is 1. The lowest BCUT2D eigenvalue weighted by Gasteiger charge is -2.06. The lowest BCUT2D eigenvalue weighted by Crippen LogP contribution is -2.25. The number of aromatic nitrogens is 1. The van der Waals surface area contributed by atoms with Crippen molar-refractivity contribution < 1.29 is 8.42 Å². The van der Waals surface area contributed by atoms with Crippen molar-refractivity contribution in [3.63, 3.8) is 0 Å². The first-order valence-electron chi connectivity index (χ1n) is 6.45. The minimum atomic E-state index is -3.39. The maximum atomic E-state index is 12.0. The average molecular weight is 310 g/mol. The summed E-state index contributed by atoms with van der Waals surface area (Å²) in [6.45, 7) is 4.31. The Morgan fingerprint density at radius 3 is 2.50 bits per heavy atom. The van der Waals surface area contributed by atoms with E-state index in [1.165, 1.54) is 0 Å². The van der Waals surface area contributed by atoms with E-state index in [0.717, 1.165) is 29.1 Å². The van der Waals surface area contributed by atoms with Gasteiger partial charge in [0, 0.05) is 24.0 Å². The quantitative estimate of drug-likeness (QED) is 0.835. The van der Waals surface area contributed by atoms with E-state index in [4.69, 9.17) is 0 Å². The Bertz CT molecular complexity index is 661. The maximum Gasteiger partial charge on any atom is 0.240 e. The van der Waals surface area contributed by atoms with Gasteiger partial charge in [0.05, 0.1) is 9.90 Å². The van der Waals surface area contributed by atoms with Gasteiger partial charge < -0.3 is 0 Å². The standard InChI is InChI=1S/C14H18N2O2S2/c1-11-5-7-13(8-6-11)20(17,18)15-9-3-4-14-16-12(2)10-19-14/h5-8,10,15H,3-4,9H2,1-2H3. The van der Waals surface area contributed by atoms with Crippen LogP contribution in [-0.4, -0.2) is 19.9 Å². The van der Waals surface area contributed by atoms with Crippen molar-refractivity contribution in [2.45, 2.75) is 31.6 Å². The van der Waals surface area contributed by atoms with Gasteiger partial charge in [-0.2, -0.15) is 0 Å². The highest BCUT2D eigenvalue weighted by Gasteiger charge is 2.12. The monoisotopic (exact) mass is 310 g/mol. The number of sulfonamides is 1. The molecule has 0 aliphatic rings. The van der Waals surface area contributed by atoms with Gasteiger partial charge in [-0.15, -0.1) is 11.3 Å². The largest absolute Gasteiger partial charge is 0.247 e. The fourth-order valence-electron chi connectivity index (χ4n) is 1.76. The second kappa shape index (κ2) is 6.47. The second-order valence-corrected chi connectivity index (χ2v) is 7.41. The van der Waals surface area contributed by atoms with Gasteiger partial charge in [0.25, 0.3) is 0 Å². The Balaban J connectivity index is 1.85. The normalized spacial score (nSPS) is 11.7. The Labute approximate surface area is 123 Å². The van der Waals surface area contributed by atoms with Crippen molar-refractivity contribution in [3.8, 4) is 0 Å². The zero-order valence-corrected chi connectivity index (χ0v) is 13.2. The SMILES string of the molecule is Cc1ccc(S(=O)(=O)NCCCc2nc(C)cs2)cc1. The van der Waals surface area contributed by atoms with E-state index in [-0.39, 0.29) is 0 Å². The van der Waals surface area contributed by atoms with Crippen LogP contribution < -0.4 is 4.72 Å². The molecule has 0 spiro atoms. The molecule has 1 heterocycles. The molecule has 1 aromatic carbocycles. The third kappa shape index (κ3) is 4.13. The molecule has 0 bridgehead atoms. The van der Waals surface area contributed by atoms with E-state index in [1.807, 2.05) is 19.2 Å². The predicted octanol–water partition coefficient (Wildman–Crippen LogP) is 2.67. The van der Waals surface area contributed by atoms with Gasteiger partial charge >= 0.3 is 0 Å². The summed E-state index contributed by atoms with van der Waals surface area (Å²) >= 11 is 1.62. The van der Waals surface area contributed by atoms with Gasteiger partial charge in [0.1, 0.15) is 0 Å². The fourth-order valence-corrected chi connectivity index (χ4v) is 3.66. The number of nitrogens with zero attached hydrogens (tertiary/aromatic N) is 1. The topological polar surface area (TPSA) is 59.1 Å². The number of nitrogens with one attached hydrogen (secondary N) is 1. The Morgan fingerprint density at radius 2 is 1.90 bits per heavy atom. The van der Waals surface area contributed by atoms with Crippen LogP contribution in [0.5, 0.6) is 0 Å². The van der Waals surface area contributed by atoms with Crippen molar-refractivity contribution in [1.29, 1.82) is 0 Å². The number of hydrogen-bond donors (Lipinski definition) is 1. The van der Waals surface area contributed by atoms with E-state index in [9.17, 15) is 8.42 Å². The molecule has 0 fully saturated rings. The Hall–Kier alpha value is -1.24. The second-order valence-electron chi connectivity index (χ2n) is 4.70. The van der Waals surface area contributed by atoms with Gasteiger partial charge in [0.15, 0.2) is 0 Å². The summed E-state index contributed by atoms with van der Waals surface area (Å²) in [5.74, 6) is 0. The summed E-state index contributed by atoms with van der Waals surface area (Å²) in [6.07, 6.45) is 1.55. The minimum Gasteiger partial charge on any atom is -0.247 e. The minimum absolute atomic E-state index is 0.313. The van der Waals surface area contributed by atoms with E-state index in [0.29, 0.717) is 11.4 Å². The van der Waals surface area contributed by atoms with E-state index in [2.05, 4.69) is 9.71 Å². The van der Waals surface area contributed by atoms with Crippen LogP contribution in [0.2, 0.25) is 0 Å². The maximum absolute atomic E-state index is 12.0. The molecule has 0 saturated heterocycles. The molecule has 1 N–H and O–H groups in total. The third-order valence-electron chi connectivity index (χ3n) is 2.86. The highest BCUT2D eigenvalue weighted by molar-refractivity contribution is 7.89. The first-order chi connectivity index (χ1) is 9.47. The Kier molecular flexibility index (Phi) is 4.91. The molecule has 0 radical (unpaired) electrons. The van der Waals surface area contributed by atoms with Crippen molar-refractivity contribution in [1.82, 2.24) is 9.71 Å². The van der Waals surface area contributed by atoms with Crippen molar-refractivity contribution in [3.05, 3.63) is 45.9 Å². The van der Waals surface area contributed by atoms with E-state index >= 15 is 0 Å². The summed E-state index contributed by atoms with van der Waals surface area (Å²) < 4.78 is 26.7. The number of aryl methyl sites for hydroxylation is 3. The third-order valence-corrected chi connectivity index (χ3v) is 5.36. The van der Waals surface area contributed by atoms with Crippen LogP contribution in [-0.2, 0) is 16.4 Å². The molecule has 0 atom stereocenters. The van der Waals surface area contributed by atoms with Crippen LogP contribution in [0.4, 0.5) is 0 Å². The molecule has 6 heteroatoms. The average Bonchev–Trinajstić information content (AvgIpc) is 2.81. The highest BCUT2D eigenvalue weighted by atomic mass is 32.2. The lowest BCUT2D eigenvalue weighted by molar-refractivity contribution is 0.579. The van der Waals surface area contributed by atoms with Crippen LogP contribution in [0.25, 0.3) is 0 Å². The summed E-state index contributed by atoms with van der Waals surface area (Å²) in [4.78, 5) is 4.67. The van der Waals surface area contributed by atoms with E-state index < -0.39 is 10.0 Å². The predicted molar refractivity (Wildman–Crippen MR) is 81.5 cm³/mol. The fraction of sp³-hybridized carbons (Fsp3) is 0.357. The molecule has 0 unspecified atom stereocenters. The van der Waals surface area contributed by atoms with Gasteiger partial charge in [0.2, 0.25) is 10.0 Å². The van der Waals surface area contributed by atoms with Gasteiger partial charge in [-0.1, -0.05) is 17.7 Å². The smallest absolute Gasteiger partial charge is 0.240 e. The molecule has 0 amide bonds. The molecule has 0 saturated carbocycles. The van der Waals surface area contributed by atoms with Gasteiger partial charge in [-0.3, -0.25) is 0 Å². The zero-order chi connectivity index (χ0) is 14.6. The number of thiazole rings is 1. The Morgan fingerprint density at radius 1 is 1.20 bits per heavy atom. The molecule has 0 aliphatic carbocycles. The molecular formula is C14H18N2O2S2. The van der Waals surface area contributed by atoms with Crippen molar-refractivity contribution in [2.75, 3.05) is 6.54 Å². The van der Waals surface area contributed by atoms with Crippen molar-refractivity contribution >= 4 is 21.4 Å². The number of hydrogen-bond acceptors (Lipinski definition) is 4. The molecule has 2 aromatic rings. The van der Waals surface area contributed by atoms with Crippen LogP contribution in [0.1, 0.15) is 22.7 Å². The summed E-state index contributed by atoms with van der Waals surface area (Å²) in [5, 5.41) is 3.06. The molecular weight excluding hydrogens is 292 g/mol. The van der Waals surface area contributed by atoms with Crippen LogP contribution in [0.15, 0.2) is 34.5 Å². The highest BCUT2D eigenvalue weighted by Crippen LogP contribution is 2.12. The molecule has 0 aliphatic heterocycles. The summed E-state index contributed by atoms with van der Waals surface area (Å²) in [6, 6.07) is 6.85. The molecule has 20 heavy (non-hydrogen) atoms. The molecule has 2 rings (SSSR count). The van der Waals surface area contributed by atoms with Gasteiger partial charge in [-0.05, 0) is 32.4 Å². The molecule has 1 aromatic heterocycles. The van der Waals surface area contributed by atoms with Gasteiger partial charge in [-0.25, -0.2) is 18.1 Å².